The van der Waals surface area contributed by atoms with Crippen molar-refractivity contribution in [2.24, 2.45) is 0 Å². The molecule has 1 aromatic carbocycles. The summed E-state index contributed by atoms with van der Waals surface area (Å²) in [6.07, 6.45) is 2.00. The van der Waals surface area contributed by atoms with E-state index >= 15 is 0 Å². The van der Waals surface area contributed by atoms with Crippen LogP contribution in [0, 0.1) is 6.92 Å². The fourth-order valence-corrected chi connectivity index (χ4v) is 3.39. The SMILES string of the molecule is Cc1cc(C2CCOCC2)n2nc(NCc3ccccc3Cl)nc2n1. The van der Waals surface area contributed by atoms with Crippen LogP contribution >= 0.6 is 11.6 Å². The van der Waals surface area contributed by atoms with Crippen LogP contribution in [0.2, 0.25) is 5.02 Å². The lowest BCUT2D eigenvalue weighted by Crippen LogP contribution is -2.17. The molecule has 130 valence electrons. The van der Waals surface area contributed by atoms with Crippen LogP contribution in [0.15, 0.2) is 30.3 Å². The molecule has 0 aliphatic carbocycles. The monoisotopic (exact) mass is 357 g/mol. The summed E-state index contributed by atoms with van der Waals surface area (Å²) in [4.78, 5) is 9.05. The third kappa shape index (κ3) is 3.45. The molecule has 0 radical (unpaired) electrons. The van der Waals surface area contributed by atoms with E-state index in [2.05, 4.69) is 26.4 Å². The lowest BCUT2D eigenvalue weighted by Gasteiger charge is -2.22. The minimum absolute atomic E-state index is 0.427. The van der Waals surface area contributed by atoms with Crippen molar-refractivity contribution in [3.05, 3.63) is 52.3 Å². The van der Waals surface area contributed by atoms with Crippen LogP contribution in [0.3, 0.4) is 0 Å². The molecule has 3 aromatic rings. The second-order valence-corrected chi connectivity index (χ2v) is 6.71. The summed E-state index contributed by atoms with van der Waals surface area (Å²) in [7, 11) is 0. The Balaban J connectivity index is 1.62. The van der Waals surface area contributed by atoms with Crippen molar-refractivity contribution >= 4 is 23.3 Å². The average Bonchev–Trinajstić information content (AvgIpc) is 3.04. The normalized spacial score (nSPS) is 15.6. The van der Waals surface area contributed by atoms with Gasteiger partial charge in [0.25, 0.3) is 5.78 Å². The zero-order valence-corrected chi connectivity index (χ0v) is 14.8. The Kier molecular flexibility index (Phi) is 4.55. The Morgan fingerprint density at radius 3 is 2.84 bits per heavy atom. The van der Waals surface area contributed by atoms with Crippen molar-refractivity contribution in [2.45, 2.75) is 32.2 Å². The first-order chi connectivity index (χ1) is 12.2. The second-order valence-electron chi connectivity index (χ2n) is 6.30. The van der Waals surface area contributed by atoms with Crippen molar-refractivity contribution < 1.29 is 4.74 Å². The van der Waals surface area contributed by atoms with Gasteiger partial charge >= 0.3 is 0 Å². The molecule has 1 aliphatic heterocycles. The Bertz CT molecular complexity index is 888. The molecule has 0 unspecified atom stereocenters. The van der Waals surface area contributed by atoms with E-state index in [4.69, 9.17) is 16.3 Å². The van der Waals surface area contributed by atoms with Gasteiger partial charge in [0.05, 0.1) is 5.69 Å². The Labute approximate surface area is 151 Å². The third-order valence-corrected chi connectivity index (χ3v) is 4.87. The van der Waals surface area contributed by atoms with Crippen LogP contribution in [0.25, 0.3) is 5.78 Å². The predicted molar refractivity (Wildman–Crippen MR) is 97.1 cm³/mol. The third-order valence-electron chi connectivity index (χ3n) is 4.50. The summed E-state index contributed by atoms with van der Waals surface area (Å²) in [5, 5.41) is 8.60. The van der Waals surface area contributed by atoms with E-state index in [1.807, 2.05) is 35.7 Å². The molecule has 25 heavy (non-hydrogen) atoms. The number of benzene rings is 1. The summed E-state index contributed by atoms with van der Waals surface area (Å²) in [6.45, 7) is 4.15. The summed E-state index contributed by atoms with van der Waals surface area (Å²) in [5.41, 5.74) is 3.12. The van der Waals surface area contributed by atoms with E-state index in [1.54, 1.807) is 0 Å². The molecule has 0 amide bonds. The van der Waals surface area contributed by atoms with Gasteiger partial charge in [0.2, 0.25) is 5.95 Å². The molecule has 0 spiro atoms. The number of hydrogen-bond acceptors (Lipinski definition) is 5. The maximum Gasteiger partial charge on any atom is 0.254 e. The Morgan fingerprint density at radius 1 is 1.24 bits per heavy atom. The molecular formula is C18H20ClN5O. The van der Waals surface area contributed by atoms with Gasteiger partial charge in [-0.3, -0.25) is 0 Å². The number of aromatic nitrogens is 4. The van der Waals surface area contributed by atoms with Crippen molar-refractivity contribution in [3.63, 3.8) is 0 Å². The molecule has 4 rings (SSSR count). The first kappa shape index (κ1) is 16.3. The van der Waals surface area contributed by atoms with E-state index in [-0.39, 0.29) is 0 Å². The average molecular weight is 358 g/mol. The highest BCUT2D eigenvalue weighted by molar-refractivity contribution is 6.31. The van der Waals surface area contributed by atoms with Gasteiger partial charge in [-0.25, -0.2) is 4.98 Å². The summed E-state index contributed by atoms with van der Waals surface area (Å²) in [6, 6.07) is 9.86. The van der Waals surface area contributed by atoms with Gasteiger partial charge in [-0.2, -0.15) is 9.50 Å². The van der Waals surface area contributed by atoms with Crippen LogP contribution in [0.5, 0.6) is 0 Å². The lowest BCUT2D eigenvalue weighted by molar-refractivity contribution is 0.0840. The fourth-order valence-electron chi connectivity index (χ4n) is 3.19. The van der Waals surface area contributed by atoms with E-state index < -0.39 is 0 Å². The lowest BCUT2D eigenvalue weighted by atomic mass is 9.96. The van der Waals surface area contributed by atoms with Crippen LogP contribution in [-0.2, 0) is 11.3 Å². The minimum atomic E-state index is 0.427. The molecule has 0 saturated carbocycles. The topological polar surface area (TPSA) is 64.3 Å². The zero-order chi connectivity index (χ0) is 17.2. The predicted octanol–water partition coefficient (Wildman–Crippen LogP) is 3.59. The van der Waals surface area contributed by atoms with E-state index in [0.29, 0.717) is 24.2 Å². The van der Waals surface area contributed by atoms with Crippen LogP contribution in [0.1, 0.15) is 35.7 Å². The molecule has 1 N–H and O–H groups in total. The largest absolute Gasteiger partial charge is 0.381 e. The molecular weight excluding hydrogens is 338 g/mol. The van der Waals surface area contributed by atoms with Gasteiger partial charge in [-0.05, 0) is 37.5 Å². The highest BCUT2D eigenvalue weighted by atomic mass is 35.5. The number of fused-ring (bicyclic) bond motifs is 1. The molecule has 2 aromatic heterocycles. The van der Waals surface area contributed by atoms with Crippen molar-refractivity contribution in [1.82, 2.24) is 19.6 Å². The maximum absolute atomic E-state index is 6.21. The molecule has 0 bridgehead atoms. The van der Waals surface area contributed by atoms with Gasteiger partial charge in [0.1, 0.15) is 0 Å². The Morgan fingerprint density at radius 2 is 2.04 bits per heavy atom. The number of rotatable bonds is 4. The van der Waals surface area contributed by atoms with E-state index in [1.165, 1.54) is 0 Å². The molecule has 1 saturated heterocycles. The first-order valence-electron chi connectivity index (χ1n) is 8.50. The quantitative estimate of drug-likeness (QED) is 0.773. The number of halogens is 1. The molecule has 1 aliphatic rings. The van der Waals surface area contributed by atoms with Crippen molar-refractivity contribution in [1.29, 1.82) is 0 Å². The maximum atomic E-state index is 6.21. The van der Waals surface area contributed by atoms with Gasteiger partial charge in [-0.15, -0.1) is 5.10 Å². The van der Waals surface area contributed by atoms with E-state index in [9.17, 15) is 0 Å². The number of aryl methyl sites for hydroxylation is 1. The highest BCUT2D eigenvalue weighted by Crippen LogP contribution is 2.27. The van der Waals surface area contributed by atoms with Gasteiger partial charge in [0.15, 0.2) is 0 Å². The molecule has 0 atom stereocenters. The highest BCUT2D eigenvalue weighted by Gasteiger charge is 2.21. The Hall–Kier alpha value is -2.18. The zero-order valence-electron chi connectivity index (χ0n) is 14.1. The van der Waals surface area contributed by atoms with Crippen molar-refractivity contribution in [3.8, 4) is 0 Å². The summed E-state index contributed by atoms with van der Waals surface area (Å²) < 4.78 is 7.34. The molecule has 6 nitrogen and oxygen atoms in total. The van der Waals surface area contributed by atoms with Gasteiger partial charge < -0.3 is 10.1 Å². The molecule has 1 fully saturated rings. The smallest absolute Gasteiger partial charge is 0.254 e. The van der Waals surface area contributed by atoms with Crippen molar-refractivity contribution in [2.75, 3.05) is 18.5 Å². The van der Waals surface area contributed by atoms with Crippen LogP contribution < -0.4 is 5.32 Å². The number of hydrogen-bond donors (Lipinski definition) is 1. The number of nitrogens with one attached hydrogen (secondary N) is 1. The summed E-state index contributed by atoms with van der Waals surface area (Å²) in [5.74, 6) is 1.62. The first-order valence-corrected chi connectivity index (χ1v) is 8.88. The number of ether oxygens (including phenoxy) is 1. The summed E-state index contributed by atoms with van der Waals surface area (Å²) >= 11 is 6.21. The van der Waals surface area contributed by atoms with Gasteiger partial charge in [-0.1, -0.05) is 29.8 Å². The fraction of sp³-hybridized carbons (Fsp3) is 0.389. The minimum Gasteiger partial charge on any atom is -0.381 e. The van der Waals surface area contributed by atoms with E-state index in [0.717, 1.165) is 48.0 Å². The number of anilines is 1. The molecule has 7 heteroatoms. The van der Waals surface area contributed by atoms with Gasteiger partial charge in [0, 0.05) is 36.4 Å². The second kappa shape index (κ2) is 6.98. The van der Waals surface area contributed by atoms with Crippen LogP contribution in [0.4, 0.5) is 5.95 Å². The number of nitrogens with zero attached hydrogens (tertiary/aromatic N) is 4. The molecule has 3 heterocycles. The standard InChI is InChI=1S/C18H20ClN5O/c1-12-10-16(13-6-8-25-9-7-13)24-18(21-12)22-17(23-24)20-11-14-4-2-3-5-15(14)19/h2-5,10,13H,6-9,11H2,1H3,(H,20,23). The van der Waals surface area contributed by atoms with Crippen LogP contribution in [-0.4, -0.2) is 32.8 Å².